The predicted octanol–water partition coefficient (Wildman–Crippen LogP) is 3.58. The van der Waals surface area contributed by atoms with E-state index in [-0.39, 0.29) is 11.8 Å². The average molecular weight is 303 g/mol. The second kappa shape index (κ2) is 6.41. The SMILES string of the molecule is CC(=O)N(C)c1ccccc1NC(=O)c1ccc(Cl)cc1. The summed E-state index contributed by atoms with van der Waals surface area (Å²) in [7, 11) is 1.66. The molecule has 2 aromatic rings. The molecule has 0 unspecified atom stereocenters. The Morgan fingerprint density at radius 1 is 1.05 bits per heavy atom. The number of hydrogen-bond acceptors (Lipinski definition) is 2. The second-order valence-corrected chi connectivity index (χ2v) is 4.99. The van der Waals surface area contributed by atoms with Gasteiger partial charge in [0.05, 0.1) is 11.4 Å². The summed E-state index contributed by atoms with van der Waals surface area (Å²) in [6, 6.07) is 13.8. The zero-order chi connectivity index (χ0) is 15.4. The molecule has 21 heavy (non-hydrogen) atoms. The molecule has 2 rings (SSSR count). The molecular formula is C16H15ClN2O2. The van der Waals surface area contributed by atoms with Crippen molar-refractivity contribution in [2.24, 2.45) is 0 Å². The van der Waals surface area contributed by atoms with Crippen LogP contribution in [0.5, 0.6) is 0 Å². The quantitative estimate of drug-likeness (QED) is 0.942. The maximum atomic E-state index is 12.2. The Bertz CT molecular complexity index is 668. The van der Waals surface area contributed by atoms with Crippen LogP contribution < -0.4 is 10.2 Å². The van der Waals surface area contributed by atoms with Gasteiger partial charge in [-0.15, -0.1) is 0 Å². The summed E-state index contributed by atoms with van der Waals surface area (Å²) in [5, 5.41) is 3.38. The minimum Gasteiger partial charge on any atom is -0.320 e. The first kappa shape index (κ1) is 15.1. The Kier molecular flexibility index (Phi) is 4.60. The van der Waals surface area contributed by atoms with Gasteiger partial charge in [0, 0.05) is 24.6 Å². The molecule has 0 aliphatic rings. The Balaban J connectivity index is 2.25. The molecule has 0 heterocycles. The molecule has 5 heteroatoms. The highest BCUT2D eigenvalue weighted by Crippen LogP contribution is 2.25. The molecule has 0 fully saturated rings. The smallest absolute Gasteiger partial charge is 0.255 e. The van der Waals surface area contributed by atoms with Gasteiger partial charge in [0.1, 0.15) is 0 Å². The maximum absolute atomic E-state index is 12.2. The number of carbonyl (C=O) groups excluding carboxylic acids is 2. The van der Waals surface area contributed by atoms with Gasteiger partial charge >= 0.3 is 0 Å². The Morgan fingerprint density at radius 2 is 1.67 bits per heavy atom. The van der Waals surface area contributed by atoms with E-state index in [1.807, 2.05) is 6.07 Å². The Morgan fingerprint density at radius 3 is 2.29 bits per heavy atom. The van der Waals surface area contributed by atoms with Gasteiger partial charge < -0.3 is 10.2 Å². The number of para-hydroxylation sites is 2. The second-order valence-electron chi connectivity index (χ2n) is 4.56. The molecule has 0 aromatic heterocycles. The molecular weight excluding hydrogens is 288 g/mol. The number of amides is 2. The molecule has 2 aromatic carbocycles. The largest absolute Gasteiger partial charge is 0.320 e. The van der Waals surface area contributed by atoms with E-state index in [9.17, 15) is 9.59 Å². The van der Waals surface area contributed by atoms with Crippen molar-refractivity contribution < 1.29 is 9.59 Å². The van der Waals surface area contributed by atoms with Gasteiger partial charge in [0.25, 0.3) is 5.91 Å². The van der Waals surface area contributed by atoms with Crippen LogP contribution in [0.25, 0.3) is 0 Å². The molecule has 0 spiro atoms. The van der Waals surface area contributed by atoms with Crippen molar-refractivity contribution in [3.8, 4) is 0 Å². The molecule has 0 saturated heterocycles. The summed E-state index contributed by atoms with van der Waals surface area (Å²) < 4.78 is 0. The zero-order valence-corrected chi connectivity index (χ0v) is 12.5. The van der Waals surface area contributed by atoms with Gasteiger partial charge in [-0.25, -0.2) is 0 Å². The van der Waals surface area contributed by atoms with Crippen molar-refractivity contribution in [3.63, 3.8) is 0 Å². The molecule has 4 nitrogen and oxygen atoms in total. The first-order valence-electron chi connectivity index (χ1n) is 6.39. The summed E-state index contributed by atoms with van der Waals surface area (Å²) in [5.74, 6) is -0.362. The molecule has 0 radical (unpaired) electrons. The van der Waals surface area contributed by atoms with Gasteiger partial charge in [-0.05, 0) is 36.4 Å². The number of carbonyl (C=O) groups is 2. The molecule has 108 valence electrons. The van der Waals surface area contributed by atoms with Crippen LogP contribution in [-0.2, 0) is 4.79 Å². The van der Waals surface area contributed by atoms with E-state index in [1.54, 1.807) is 49.5 Å². The number of hydrogen-bond donors (Lipinski definition) is 1. The fourth-order valence-electron chi connectivity index (χ4n) is 1.84. The zero-order valence-electron chi connectivity index (χ0n) is 11.8. The third-order valence-corrected chi connectivity index (χ3v) is 3.34. The number of nitrogens with zero attached hydrogens (tertiary/aromatic N) is 1. The monoisotopic (exact) mass is 302 g/mol. The van der Waals surface area contributed by atoms with E-state index >= 15 is 0 Å². The molecule has 0 atom stereocenters. The predicted molar refractivity (Wildman–Crippen MR) is 84.9 cm³/mol. The van der Waals surface area contributed by atoms with Crippen LogP contribution in [0.1, 0.15) is 17.3 Å². The van der Waals surface area contributed by atoms with Crippen molar-refractivity contribution in [3.05, 3.63) is 59.1 Å². The van der Waals surface area contributed by atoms with E-state index in [0.717, 1.165) is 0 Å². The van der Waals surface area contributed by atoms with Gasteiger partial charge in [0.15, 0.2) is 0 Å². The first-order chi connectivity index (χ1) is 9.99. The normalized spacial score (nSPS) is 10.0. The molecule has 1 N–H and O–H groups in total. The summed E-state index contributed by atoms with van der Waals surface area (Å²) in [4.78, 5) is 25.2. The summed E-state index contributed by atoms with van der Waals surface area (Å²) in [6.45, 7) is 1.47. The molecule has 2 amide bonds. The fourth-order valence-corrected chi connectivity index (χ4v) is 1.96. The lowest BCUT2D eigenvalue weighted by atomic mass is 10.2. The highest BCUT2D eigenvalue weighted by atomic mass is 35.5. The van der Waals surface area contributed by atoms with Crippen molar-refractivity contribution in [2.75, 3.05) is 17.3 Å². The molecule has 0 aliphatic heterocycles. The summed E-state index contributed by atoms with van der Waals surface area (Å²) in [6.07, 6.45) is 0. The van der Waals surface area contributed by atoms with Crippen LogP contribution in [0.15, 0.2) is 48.5 Å². The minimum atomic E-state index is -0.254. The van der Waals surface area contributed by atoms with Crippen molar-refractivity contribution in [1.82, 2.24) is 0 Å². The standard InChI is InChI=1S/C16H15ClN2O2/c1-11(20)19(2)15-6-4-3-5-14(15)18-16(21)12-7-9-13(17)10-8-12/h3-10H,1-2H3,(H,18,21). The van der Waals surface area contributed by atoms with Gasteiger partial charge in [-0.3, -0.25) is 9.59 Å². The topological polar surface area (TPSA) is 49.4 Å². The van der Waals surface area contributed by atoms with E-state index in [2.05, 4.69) is 5.32 Å². The number of nitrogens with one attached hydrogen (secondary N) is 1. The molecule has 0 saturated carbocycles. The van der Waals surface area contributed by atoms with Gasteiger partial charge in [-0.1, -0.05) is 23.7 Å². The summed E-state index contributed by atoms with van der Waals surface area (Å²) in [5.41, 5.74) is 1.72. The lowest BCUT2D eigenvalue weighted by Crippen LogP contribution is -2.24. The first-order valence-corrected chi connectivity index (χ1v) is 6.77. The van der Waals surface area contributed by atoms with Crippen LogP contribution >= 0.6 is 11.6 Å². The lowest BCUT2D eigenvalue weighted by Gasteiger charge is -2.19. The van der Waals surface area contributed by atoms with Crippen molar-refractivity contribution in [2.45, 2.75) is 6.92 Å². The maximum Gasteiger partial charge on any atom is 0.255 e. The third kappa shape index (κ3) is 3.61. The van der Waals surface area contributed by atoms with Gasteiger partial charge in [0.2, 0.25) is 5.91 Å². The minimum absolute atomic E-state index is 0.108. The van der Waals surface area contributed by atoms with Crippen LogP contribution in [-0.4, -0.2) is 18.9 Å². The average Bonchev–Trinajstić information content (AvgIpc) is 2.47. The lowest BCUT2D eigenvalue weighted by molar-refractivity contribution is -0.116. The van der Waals surface area contributed by atoms with E-state index < -0.39 is 0 Å². The van der Waals surface area contributed by atoms with Crippen LogP contribution in [0.4, 0.5) is 11.4 Å². The van der Waals surface area contributed by atoms with Crippen LogP contribution in [0.2, 0.25) is 5.02 Å². The molecule has 0 bridgehead atoms. The third-order valence-electron chi connectivity index (χ3n) is 3.09. The van der Waals surface area contributed by atoms with E-state index in [4.69, 9.17) is 11.6 Å². The van der Waals surface area contributed by atoms with Crippen molar-refractivity contribution >= 4 is 34.8 Å². The Labute approximate surface area is 128 Å². The van der Waals surface area contributed by atoms with Crippen molar-refractivity contribution in [1.29, 1.82) is 0 Å². The summed E-state index contributed by atoms with van der Waals surface area (Å²) >= 11 is 5.80. The van der Waals surface area contributed by atoms with Crippen LogP contribution in [0, 0.1) is 0 Å². The molecule has 0 aliphatic carbocycles. The Hall–Kier alpha value is -2.33. The number of anilines is 2. The highest BCUT2D eigenvalue weighted by molar-refractivity contribution is 6.30. The number of halogens is 1. The van der Waals surface area contributed by atoms with E-state index in [1.165, 1.54) is 11.8 Å². The fraction of sp³-hybridized carbons (Fsp3) is 0.125. The number of rotatable bonds is 3. The van der Waals surface area contributed by atoms with Gasteiger partial charge in [-0.2, -0.15) is 0 Å². The van der Waals surface area contributed by atoms with Crippen LogP contribution in [0.3, 0.4) is 0 Å². The highest BCUT2D eigenvalue weighted by Gasteiger charge is 2.13. The number of benzene rings is 2. The van der Waals surface area contributed by atoms with E-state index in [0.29, 0.717) is 22.0 Å².